The van der Waals surface area contributed by atoms with Gasteiger partial charge in [0.05, 0.1) is 33.5 Å². The normalized spacial score (nSPS) is 12.2. The molecular formula is C78H76ClN3S. The van der Waals surface area contributed by atoms with Gasteiger partial charge in [-0.1, -0.05) is 246 Å². The monoisotopic (exact) mass is 1120 g/mol. The lowest BCUT2D eigenvalue weighted by Crippen LogP contribution is -2.18. The molecular weight excluding hydrogens is 1050 g/mol. The predicted octanol–water partition coefficient (Wildman–Crippen LogP) is 24.2. The molecule has 3 nitrogen and oxygen atoms in total. The first kappa shape index (κ1) is 56.7. The molecule has 0 saturated carbocycles. The van der Waals surface area contributed by atoms with Crippen LogP contribution in [0.1, 0.15) is 105 Å². The molecule has 0 aliphatic heterocycles. The van der Waals surface area contributed by atoms with E-state index in [4.69, 9.17) is 11.6 Å². The van der Waals surface area contributed by atoms with Crippen LogP contribution in [0, 0.1) is 0 Å². The van der Waals surface area contributed by atoms with E-state index in [1.54, 1.807) is 11.3 Å². The zero-order valence-electron chi connectivity index (χ0n) is 50.2. The zero-order chi connectivity index (χ0) is 58.4. The first-order valence-corrected chi connectivity index (χ1v) is 30.3. The van der Waals surface area contributed by atoms with E-state index in [0.717, 1.165) is 84.6 Å². The van der Waals surface area contributed by atoms with Crippen LogP contribution < -0.4 is 14.7 Å². The van der Waals surface area contributed by atoms with Crippen molar-refractivity contribution < 1.29 is 0 Å². The molecule has 0 aliphatic carbocycles. The van der Waals surface area contributed by atoms with Crippen LogP contribution in [0.15, 0.2) is 242 Å². The minimum Gasteiger partial charge on any atom is -0.310 e. The molecule has 83 heavy (non-hydrogen) atoms. The molecule has 11 rings (SSSR count). The van der Waals surface area contributed by atoms with Crippen LogP contribution in [0.25, 0.3) is 43.5 Å². The third-order valence-electron chi connectivity index (χ3n) is 16.0. The average molecular weight is 1120 g/mol. The summed E-state index contributed by atoms with van der Waals surface area (Å²) in [5.41, 5.74) is 20.3. The highest BCUT2D eigenvalue weighted by atomic mass is 35.5. The number of nitrogens with zero attached hydrogens (tertiary/aromatic N) is 3. The molecule has 5 heteroatoms. The highest BCUT2D eigenvalue weighted by molar-refractivity contribution is 7.17. The van der Waals surface area contributed by atoms with E-state index in [-0.39, 0.29) is 21.7 Å². The molecule has 11 aromatic rings. The molecule has 0 radical (unpaired) electrons. The van der Waals surface area contributed by atoms with Gasteiger partial charge in [0.2, 0.25) is 0 Å². The first-order chi connectivity index (χ1) is 39.6. The van der Waals surface area contributed by atoms with E-state index in [0.29, 0.717) is 5.02 Å². The first-order valence-electron chi connectivity index (χ1n) is 29.1. The van der Waals surface area contributed by atoms with Crippen molar-refractivity contribution in [3.8, 4) is 33.4 Å². The van der Waals surface area contributed by atoms with Crippen molar-refractivity contribution in [2.24, 2.45) is 0 Å². The van der Waals surface area contributed by atoms with Gasteiger partial charge in [-0.3, -0.25) is 0 Å². The molecule has 0 unspecified atom stereocenters. The number of anilines is 9. The second-order valence-electron chi connectivity index (χ2n) is 26.1. The van der Waals surface area contributed by atoms with Gasteiger partial charge in [0.25, 0.3) is 0 Å². The Hall–Kier alpha value is -8.15. The number of fused-ring (bicyclic) bond motifs is 1. The van der Waals surface area contributed by atoms with Gasteiger partial charge in [0.1, 0.15) is 0 Å². The van der Waals surface area contributed by atoms with Crippen LogP contribution in [0.3, 0.4) is 0 Å². The Balaban J connectivity index is 1.23. The maximum absolute atomic E-state index is 8.53. The van der Waals surface area contributed by atoms with Gasteiger partial charge in [0.15, 0.2) is 0 Å². The molecule has 0 N–H and O–H groups in total. The van der Waals surface area contributed by atoms with E-state index < -0.39 is 0 Å². The number of benzene rings is 10. The lowest BCUT2D eigenvalue weighted by molar-refractivity contribution is 0.590. The summed E-state index contributed by atoms with van der Waals surface area (Å²) in [5.74, 6) is 0. The average Bonchev–Trinajstić information content (AvgIpc) is 4.14. The minimum absolute atomic E-state index is 0.0194. The molecule has 0 spiro atoms. The number of thiophene rings is 1. The standard InChI is InChI=1S/C78H76ClN3S/c1-75(2,3)57-35-41-61(42-36-57)80(68-34-23-22-33-65(68)54-27-18-14-19-28-54)63-31-24-32-64(51-63)82(69-45-39-59(77(7,8)9)49-66(69)55-29-20-15-21-30-55)71-48-56(53-25-16-13-17-26-53)47-70(74(71)79)81(62-43-37-58(38-44-62)76(4,5)6)72-52-83-73-46-40-60(50-67(72)73)78(10,11)12/h13-52H,1-12H3. The summed E-state index contributed by atoms with van der Waals surface area (Å²) in [4.78, 5) is 7.25. The van der Waals surface area contributed by atoms with Crippen LogP contribution >= 0.6 is 22.9 Å². The molecule has 1 heterocycles. The Kier molecular flexibility index (Phi) is 15.4. The molecule has 0 aliphatic rings. The van der Waals surface area contributed by atoms with Gasteiger partial charge >= 0.3 is 0 Å². The molecule has 0 bridgehead atoms. The Morgan fingerprint density at radius 3 is 1.25 bits per heavy atom. The fraction of sp³-hybridized carbons (Fsp3) is 0.205. The van der Waals surface area contributed by atoms with E-state index >= 15 is 0 Å². The van der Waals surface area contributed by atoms with Crippen LogP contribution in [-0.2, 0) is 21.7 Å². The number of hydrogen-bond donors (Lipinski definition) is 0. The SMILES string of the molecule is CC(C)(C)c1ccc(N(c2cccc(N(c3ccc(C(C)(C)C)cc3-c3ccccc3)c3cc(-c4ccccc4)cc(N(c4ccc(C(C)(C)C)cc4)c4csc5ccc(C(C)(C)C)cc45)c3Cl)c2)c2ccccc2-c2ccccc2)cc1. The van der Waals surface area contributed by atoms with E-state index in [2.05, 4.69) is 340 Å². The third kappa shape index (κ3) is 11.8. The molecule has 0 atom stereocenters. The van der Waals surface area contributed by atoms with Crippen molar-refractivity contribution in [3.63, 3.8) is 0 Å². The highest BCUT2D eigenvalue weighted by Crippen LogP contribution is 2.54. The molecule has 10 aromatic carbocycles. The number of rotatable bonds is 12. The predicted molar refractivity (Wildman–Crippen MR) is 362 cm³/mol. The summed E-state index contributed by atoms with van der Waals surface area (Å²) >= 11 is 10.3. The van der Waals surface area contributed by atoms with Crippen molar-refractivity contribution in [2.75, 3.05) is 14.7 Å². The largest absolute Gasteiger partial charge is 0.310 e. The summed E-state index contributed by atoms with van der Waals surface area (Å²) < 4.78 is 1.22. The van der Waals surface area contributed by atoms with Crippen molar-refractivity contribution in [1.29, 1.82) is 0 Å². The number of hydrogen-bond acceptors (Lipinski definition) is 4. The fourth-order valence-electron chi connectivity index (χ4n) is 11.2. The lowest BCUT2D eigenvalue weighted by atomic mass is 9.84. The second-order valence-corrected chi connectivity index (χ2v) is 27.4. The quantitative estimate of drug-likeness (QED) is 0.121. The van der Waals surface area contributed by atoms with Gasteiger partial charge in [-0.2, -0.15) is 0 Å². The van der Waals surface area contributed by atoms with Crippen LogP contribution in [0.2, 0.25) is 5.02 Å². The molecule has 0 amide bonds. The smallest absolute Gasteiger partial charge is 0.0887 e. The zero-order valence-corrected chi connectivity index (χ0v) is 51.8. The summed E-state index contributed by atoms with van der Waals surface area (Å²) in [6, 6.07) is 87.0. The van der Waals surface area contributed by atoms with Crippen molar-refractivity contribution in [3.05, 3.63) is 269 Å². The lowest BCUT2D eigenvalue weighted by Gasteiger charge is -2.34. The van der Waals surface area contributed by atoms with E-state index in [9.17, 15) is 0 Å². The molecule has 0 fully saturated rings. The van der Waals surface area contributed by atoms with Gasteiger partial charge < -0.3 is 14.7 Å². The summed E-state index contributed by atoms with van der Waals surface area (Å²) in [7, 11) is 0. The number of para-hydroxylation sites is 1. The Morgan fingerprint density at radius 2 is 0.711 bits per heavy atom. The topological polar surface area (TPSA) is 9.72 Å². The summed E-state index contributed by atoms with van der Waals surface area (Å²) in [6.45, 7) is 27.4. The fourth-order valence-corrected chi connectivity index (χ4v) is 12.4. The van der Waals surface area contributed by atoms with Crippen molar-refractivity contribution in [2.45, 2.75) is 105 Å². The van der Waals surface area contributed by atoms with Crippen LogP contribution in [0.5, 0.6) is 0 Å². The Bertz CT molecular complexity index is 4060. The van der Waals surface area contributed by atoms with Gasteiger partial charge in [-0.25, -0.2) is 0 Å². The molecule has 416 valence electrons. The van der Waals surface area contributed by atoms with Crippen LogP contribution in [-0.4, -0.2) is 0 Å². The maximum atomic E-state index is 8.53. The van der Waals surface area contributed by atoms with Crippen LogP contribution in [0.4, 0.5) is 51.2 Å². The van der Waals surface area contributed by atoms with Crippen molar-refractivity contribution >= 4 is 84.2 Å². The third-order valence-corrected chi connectivity index (χ3v) is 17.4. The van der Waals surface area contributed by atoms with Crippen molar-refractivity contribution in [1.82, 2.24) is 0 Å². The van der Waals surface area contributed by atoms with E-state index in [1.807, 2.05) is 0 Å². The maximum Gasteiger partial charge on any atom is 0.0887 e. The van der Waals surface area contributed by atoms with Gasteiger partial charge in [0, 0.05) is 49.3 Å². The second kappa shape index (κ2) is 22.5. The highest BCUT2D eigenvalue weighted by Gasteiger charge is 2.30. The van der Waals surface area contributed by atoms with Gasteiger partial charge in [-0.05, 0) is 151 Å². The molecule has 1 aromatic heterocycles. The Labute approximate surface area is 503 Å². The summed E-state index contributed by atoms with van der Waals surface area (Å²) in [5, 5.41) is 4.12. The molecule has 0 saturated heterocycles. The van der Waals surface area contributed by atoms with E-state index in [1.165, 1.54) is 32.3 Å². The number of halogens is 1. The summed E-state index contributed by atoms with van der Waals surface area (Å²) in [6.07, 6.45) is 0. The Morgan fingerprint density at radius 1 is 0.289 bits per heavy atom. The van der Waals surface area contributed by atoms with Gasteiger partial charge in [-0.15, -0.1) is 11.3 Å². The minimum atomic E-state index is -0.126.